The Kier molecular flexibility index (Phi) is 18.0. The first-order chi connectivity index (χ1) is 11.7. The molecule has 0 saturated heterocycles. The molecular formula is C22H27Cl2OTi. The van der Waals surface area contributed by atoms with E-state index >= 15 is 0 Å². The Labute approximate surface area is 182 Å². The molecule has 0 saturated carbocycles. The second-order valence-corrected chi connectivity index (χ2v) is 6.33. The van der Waals surface area contributed by atoms with E-state index in [1.807, 2.05) is 54.6 Å². The van der Waals surface area contributed by atoms with Crippen molar-refractivity contribution in [1.82, 2.24) is 0 Å². The molecule has 0 atom stereocenters. The zero-order chi connectivity index (χ0) is 17.6. The Hall–Kier alpha value is -1.12. The van der Waals surface area contributed by atoms with Crippen molar-refractivity contribution >= 4 is 28.6 Å². The van der Waals surface area contributed by atoms with Gasteiger partial charge < -0.3 is 5.11 Å². The zero-order valence-corrected chi connectivity index (χ0v) is 18.5. The SMILES string of the molecule is CC[C](=[Ti+])CC.Cl.Cl.Oc1cccc(-c2ccccc2)c1.[C-]1=CC=CC1. The number of phenolic OH excluding ortho intramolecular Hbond substituents is 1. The van der Waals surface area contributed by atoms with E-state index in [0.29, 0.717) is 5.75 Å². The first-order valence-corrected chi connectivity index (χ1v) is 9.07. The van der Waals surface area contributed by atoms with Crippen LogP contribution in [0.4, 0.5) is 0 Å². The third kappa shape index (κ3) is 12.3. The number of rotatable bonds is 3. The van der Waals surface area contributed by atoms with Gasteiger partial charge in [-0.1, -0.05) is 42.5 Å². The van der Waals surface area contributed by atoms with Crippen LogP contribution in [0.25, 0.3) is 11.1 Å². The van der Waals surface area contributed by atoms with Crippen molar-refractivity contribution in [2.75, 3.05) is 0 Å². The van der Waals surface area contributed by atoms with Gasteiger partial charge in [0, 0.05) is 0 Å². The number of allylic oxidation sites excluding steroid dienone is 4. The van der Waals surface area contributed by atoms with E-state index in [0.717, 1.165) is 17.5 Å². The first kappa shape index (κ1) is 27.1. The quantitative estimate of drug-likeness (QED) is 0.426. The van der Waals surface area contributed by atoms with Crippen molar-refractivity contribution in [3.8, 4) is 16.9 Å². The summed E-state index contributed by atoms with van der Waals surface area (Å²) >= 11 is 2.19. The molecule has 2 aromatic carbocycles. The summed E-state index contributed by atoms with van der Waals surface area (Å²) in [7, 11) is 0. The molecule has 26 heavy (non-hydrogen) atoms. The molecule has 1 N–H and O–H groups in total. The molecule has 0 unspecified atom stereocenters. The maximum Gasteiger partial charge on any atom is 0.116 e. The normalized spacial score (nSPS) is 10.3. The van der Waals surface area contributed by atoms with Crippen LogP contribution < -0.4 is 0 Å². The Bertz CT molecular complexity index is 651. The Morgan fingerprint density at radius 2 is 1.58 bits per heavy atom. The number of hydrogen-bond acceptors (Lipinski definition) is 1. The molecule has 1 nitrogen and oxygen atoms in total. The van der Waals surface area contributed by atoms with Crippen molar-refractivity contribution in [3.05, 3.63) is 78.9 Å². The molecule has 0 bridgehead atoms. The third-order valence-electron chi connectivity index (χ3n) is 3.39. The van der Waals surface area contributed by atoms with Crippen LogP contribution in [0.2, 0.25) is 0 Å². The van der Waals surface area contributed by atoms with Crippen LogP contribution in [-0.4, -0.2) is 8.92 Å². The fourth-order valence-electron chi connectivity index (χ4n) is 1.91. The van der Waals surface area contributed by atoms with Crippen LogP contribution in [-0.2, 0) is 20.0 Å². The van der Waals surface area contributed by atoms with E-state index in [2.05, 4.69) is 46.0 Å². The average Bonchev–Trinajstić information content (AvgIpc) is 3.22. The van der Waals surface area contributed by atoms with E-state index < -0.39 is 0 Å². The largest absolute Gasteiger partial charge is 0.508 e. The van der Waals surface area contributed by atoms with Crippen molar-refractivity contribution in [2.45, 2.75) is 33.1 Å². The van der Waals surface area contributed by atoms with Crippen LogP contribution in [0.1, 0.15) is 33.1 Å². The minimum Gasteiger partial charge on any atom is -0.508 e. The van der Waals surface area contributed by atoms with Crippen LogP contribution in [0, 0.1) is 6.08 Å². The summed E-state index contributed by atoms with van der Waals surface area (Å²) in [6.45, 7) is 4.39. The molecule has 0 aliphatic heterocycles. The number of aromatic hydroxyl groups is 1. The summed E-state index contributed by atoms with van der Waals surface area (Å²) in [5, 5.41) is 9.27. The molecule has 4 heteroatoms. The topological polar surface area (TPSA) is 20.2 Å². The summed E-state index contributed by atoms with van der Waals surface area (Å²) < 4.78 is 1.59. The number of phenols is 1. The molecular weight excluding hydrogens is 399 g/mol. The number of hydrogen-bond donors (Lipinski definition) is 1. The third-order valence-corrected chi connectivity index (χ3v) is 4.50. The smallest absolute Gasteiger partial charge is 0.116 e. The molecule has 0 aromatic heterocycles. The molecule has 1 aliphatic carbocycles. The molecule has 1 aliphatic rings. The van der Waals surface area contributed by atoms with E-state index in [9.17, 15) is 5.11 Å². The summed E-state index contributed by atoms with van der Waals surface area (Å²) in [5.74, 6) is 0.307. The monoisotopic (exact) mass is 425 g/mol. The number of benzene rings is 2. The van der Waals surface area contributed by atoms with Gasteiger partial charge in [-0.05, 0) is 23.3 Å². The second kappa shape index (κ2) is 17.3. The van der Waals surface area contributed by atoms with E-state index in [4.69, 9.17) is 0 Å². The van der Waals surface area contributed by atoms with E-state index in [-0.39, 0.29) is 24.8 Å². The van der Waals surface area contributed by atoms with Gasteiger partial charge in [0.25, 0.3) is 0 Å². The van der Waals surface area contributed by atoms with Gasteiger partial charge in [0.05, 0.1) is 0 Å². The van der Waals surface area contributed by atoms with Crippen molar-refractivity contribution in [2.24, 2.45) is 0 Å². The summed E-state index contributed by atoms with van der Waals surface area (Å²) in [5.41, 5.74) is 2.17. The molecule has 0 spiro atoms. The fourth-order valence-corrected chi connectivity index (χ4v) is 1.91. The first-order valence-electron chi connectivity index (χ1n) is 8.29. The van der Waals surface area contributed by atoms with Crippen LogP contribution in [0.5, 0.6) is 5.75 Å². The van der Waals surface area contributed by atoms with Crippen molar-refractivity contribution in [3.63, 3.8) is 0 Å². The Morgan fingerprint density at radius 3 is 1.96 bits per heavy atom. The van der Waals surface area contributed by atoms with Gasteiger partial charge in [0.15, 0.2) is 0 Å². The van der Waals surface area contributed by atoms with Crippen molar-refractivity contribution < 1.29 is 25.1 Å². The number of halogens is 2. The van der Waals surface area contributed by atoms with Crippen LogP contribution >= 0.6 is 24.8 Å². The van der Waals surface area contributed by atoms with Crippen LogP contribution in [0.3, 0.4) is 0 Å². The predicted molar refractivity (Wildman–Crippen MR) is 115 cm³/mol. The summed E-state index contributed by atoms with van der Waals surface area (Å²) in [6.07, 6.45) is 12.5. The molecule has 0 amide bonds. The van der Waals surface area contributed by atoms with Gasteiger partial charge in [-0.25, -0.2) is 12.2 Å². The molecule has 2 aromatic rings. The maximum absolute atomic E-state index is 9.27. The van der Waals surface area contributed by atoms with Gasteiger partial charge >= 0.3 is 50.5 Å². The molecule has 0 heterocycles. The fraction of sp³-hybridized carbons (Fsp3) is 0.227. The van der Waals surface area contributed by atoms with E-state index in [1.54, 1.807) is 15.9 Å². The van der Waals surface area contributed by atoms with Gasteiger partial charge in [-0.3, -0.25) is 6.08 Å². The standard InChI is InChI=1S/C12H10O.C5H5.C5H10.2ClH.Ti/c13-12-8-4-7-11(9-12)10-5-2-1-3-6-10;1-2-4-5-3-1;1-3-5-4-2;;;/h1-9,13H;1-3H,4H2;3-4H2,1-2H3;2*1H;/q;-1;;;;+1. The summed E-state index contributed by atoms with van der Waals surface area (Å²) in [6, 6.07) is 17.3. The Balaban J connectivity index is 0. The van der Waals surface area contributed by atoms with Gasteiger partial charge in [-0.2, -0.15) is 6.08 Å². The van der Waals surface area contributed by atoms with Gasteiger partial charge in [0.2, 0.25) is 0 Å². The minimum atomic E-state index is 0. The molecule has 3 rings (SSSR count). The average molecular weight is 426 g/mol. The maximum atomic E-state index is 9.27. The molecule has 0 fully saturated rings. The molecule has 0 radical (unpaired) electrons. The summed E-state index contributed by atoms with van der Waals surface area (Å²) in [4.78, 5) is 0. The van der Waals surface area contributed by atoms with Gasteiger partial charge in [-0.15, -0.1) is 31.2 Å². The van der Waals surface area contributed by atoms with Crippen LogP contribution in [0.15, 0.2) is 72.8 Å². The van der Waals surface area contributed by atoms with Gasteiger partial charge in [0.1, 0.15) is 5.75 Å². The predicted octanol–water partition coefficient (Wildman–Crippen LogP) is 6.73. The molecule has 139 valence electrons. The Morgan fingerprint density at radius 1 is 0.962 bits per heavy atom. The minimum absolute atomic E-state index is 0. The second-order valence-electron chi connectivity index (χ2n) is 5.23. The van der Waals surface area contributed by atoms with Crippen molar-refractivity contribution in [1.29, 1.82) is 0 Å². The zero-order valence-electron chi connectivity index (χ0n) is 15.3. The van der Waals surface area contributed by atoms with E-state index in [1.165, 1.54) is 12.8 Å².